The summed E-state index contributed by atoms with van der Waals surface area (Å²) >= 11 is 0. The smallest absolute Gasteiger partial charge is 0.251 e. The van der Waals surface area contributed by atoms with Crippen LogP contribution in [0.25, 0.3) is 0 Å². The van der Waals surface area contributed by atoms with Gasteiger partial charge in [0.25, 0.3) is 11.5 Å². The van der Waals surface area contributed by atoms with Gasteiger partial charge in [0.2, 0.25) is 0 Å². The van der Waals surface area contributed by atoms with Crippen LogP contribution in [-0.2, 0) is 0 Å². The molecule has 1 amide bonds. The van der Waals surface area contributed by atoms with E-state index in [2.05, 4.69) is 15.6 Å². The number of carbonyl (C=O) groups excluding carboxylic acids is 1. The van der Waals surface area contributed by atoms with Crippen LogP contribution in [0.3, 0.4) is 0 Å². The van der Waals surface area contributed by atoms with E-state index in [0.29, 0.717) is 12.6 Å². The average Bonchev–Trinajstić information content (AvgIpc) is 2.77. The van der Waals surface area contributed by atoms with Gasteiger partial charge in [0, 0.05) is 24.7 Å². The van der Waals surface area contributed by atoms with Crippen molar-refractivity contribution in [1.82, 2.24) is 15.6 Å². The van der Waals surface area contributed by atoms with Gasteiger partial charge in [-0.2, -0.15) is 0 Å². The second-order valence-electron chi connectivity index (χ2n) is 4.12. The Kier molecular flexibility index (Phi) is 3.43. The van der Waals surface area contributed by atoms with Crippen molar-refractivity contribution < 1.29 is 9.90 Å². The fraction of sp³-hybridized carbons (Fsp3) is 0.455. The first-order valence-corrected chi connectivity index (χ1v) is 5.60. The largest absolute Gasteiger partial charge is 0.494 e. The molecule has 1 fully saturated rings. The van der Waals surface area contributed by atoms with Gasteiger partial charge in [0.05, 0.1) is 5.56 Å². The molecule has 1 saturated heterocycles. The van der Waals surface area contributed by atoms with Crippen LogP contribution in [0.1, 0.15) is 23.2 Å². The van der Waals surface area contributed by atoms with E-state index in [1.807, 2.05) is 0 Å². The molecule has 0 aliphatic carbocycles. The summed E-state index contributed by atoms with van der Waals surface area (Å²) in [4.78, 5) is 24.9. The summed E-state index contributed by atoms with van der Waals surface area (Å²) in [5.74, 6) is -0.651. The molecule has 6 heteroatoms. The second-order valence-corrected chi connectivity index (χ2v) is 4.12. The fourth-order valence-electron chi connectivity index (χ4n) is 1.91. The minimum Gasteiger partial charge on any atom is -0.494 e. The Labute approximate surface area is 98.1 Å². The molecular weight excluding hydrogens is 222 g/mol. The molecule has 17 heavy (non-hydrogen) atoms. The molecule has 0 saturated carbocycles. The zero-order chi connectivity index (χ0) is 12.3. The van der Waals surface area contributed by atoms with Crippen molar-refractivity contribution >= 4 is 5.91 Å². The highest BCUT2D eigenvalue weighted by Crippen LogP contribution is 2.06. The Morgan fingerprint density at radius 1 is 1.53 bits per heavy atom. The Morgan fingerprint density at radius 2 is 2.35 bits per heavy atom. The maximum atomic E-state index is 11.7. The molecule has 1 atom stereocenters. The van der Waals surface area contributed by atoms with Crippen molar-refractivity contribution in [1.29, 1.82) is 0 Å². The van der Waals surface area contributed by atoms with Crippen molar-refractivity contribution in [2.75, 3.05) is 13.1 Å². The van der Waals surface area contributed by atoms with Crippen molar-refractivity contribution in [2.45, 2.75) is 18.9 Å². The van der Waals surface area contributed by atoms with Crippen molar-refractivity contribution in [2.24, 2.45) is 0 Å². The monoisotopic (exact) mass is 237 g/mol. The number of H-pyrrole nitrogens is 1. The lowest BCUT2D eigenvalue weighted by atomic mass is 10.2. The van der Waals surface area contributed by atoms with E-state index in [9.17, 15) is 14.7 Å². The summed E-state index contributed by atoms with van der Waals surface area (Å²) in [5, 5.41) is 15.2. The van der Waals surface area contributed by atoms with E-state index in [1.165, 1.54) is 6.07 Å². The number of aromatic hydroxyl groups is 1. The van der Waals surface area contributed by atoms with E-state index in [0.717, 1.165) is 25.5 Å². The van der Waals surface area contributed by atoms with Crippen LogP contribution >= 0.6 is 0 Å². The van der Waals surface area contributed by atoms with Gasteiger partial charge in [0.1, 0.15) is 0 Å². The summed E-state index contributed by atoms with van der Waals surface area (Å²) in [6.45, 7) is 1.51. The number of aromatic nitrogens is 1. The molecule has 0 radical (unpaired) electrons. The highest BCUT2D eigenvalue weighted by molar-refractivity contribution is 5.94. The minimum absolute atomic E-state index is 0.171. The maximum Gasteiger partial charge on any atom is 0.251 e. The molecule has 0 spiro atoms. The van der Waals surface area contributed by atoms with Crippen LogP contribution in [0.5, 0.6) is 5.88 Å². The molecule has 1 aliphatic heterocycles. The number of hydrogen-bond donors (Lipinski definition) is 4. The van der Waals surface area contributed by atoms with Crippen molar-refractivity contribution in [3.05, 3.63) is 28.0 Å². The lowest BCUT2D eigenvalue weighted by molar-refractivity contribution is 0.0949. The molecule has 4 N–H and O–H groups in total. The highest BCUT2D eigenvalue weighted by Gasteiger charge is 2.15. The standard InChI is InChI=1S/C11H15N3O3/c15-9-4-7(5-10(16)14-9)11(17)13-6-8-2-1-3-12-8/h4-5,8,12H,1-3,6H2,(H,13,17)(H2,14,15,16). The quantitative estimate of drug-likeness (QED) is 0.573. The van der Waals surface area contributed by atoms with Crippen LogP contribution < -0.4 is 16.2 Å². The fourth-order valence-corrected chi connectivity index (χ4v) is 1.91. The zero-order valence-electron chi connectivity index (χ0n) is 9.32. The third-order valence-corrected chi connectivity index (χ3v) is 2.76. The van der Waals surface area contributed by atoms with E-state index in [1.54, 1.807) is 0 Å². The van der Waals surface area contributed by atoms with Crippen LogP contribution in [0.2, 0.25) is 0 Å². The third-order valence-electron chi connectivity index (χ3n) is 2.76. The van der Waals surface area contributed by atoms with Gasteiger partial charge in [-0.25, -0.2) is 0 Å². The van der Waals surface area contributed by atoms with Gasteiger partial charge in [-0.1, -0.05) is 0 Å². The minimum atomic E-state index is -0.492. The molecule has 0 aromatic carbocycles. The Bertz CT molecular complexity index is 463. The van der Waals surface area contributed by atoms with E-state index in [4.69, 9.17) is 0 Å². The number of rotatable bonds is 3. The number of aromatic amines is 1. The lowest BCUT2D eigenvalue weighted by Crippen LogP contribution is -2.37. The maximum absolute atomic E-state index is 11.7. The first-order valence-electron chi connectivity index (χ1n) is 5.60. The molecule has 1 unspecified atom stereocenters. The molecule has 1 aliphatic rings. The zero-order valence-corrected chi connectivity index (χ0v) is 9.32. The molecule has 2 rings (SSSR count). The molecule has 2 heterocycles. The summed E-state index contributed by atoms with van der Waals surface area (Å²) in [7, 11) is 0. The van der Waals surface area contributed by atoms with E-state index < -0.39 is 5.56 Å². The normalized spacial score (nSPS) is 19.2. The second kappa shape index (κ2) is 5.01. The molecule has 1 aromatic heterocycles. The first kappa shape index (κ1) is 11.7. The van der Waals surface area contributed by atoms with E-state index in [-0.39, 0.29) is 17.4 Å². The van der Waals surface area contributed by atoms with Gasteiger partial charge < -0.3 is 15.7 Å². The van der Waals surface area contributed by atoms with Gasteiger partial charge in [-0.3, -0.25) is 14.6 Å². The van der Waals surface area contributed by atoms with Crippen LogP contribution in [0.4, 0.5) is 0 Å². The average molecular weight is 237 g/mol. The SMILES string of the molecule is O=C(NCC1CCCN1)c1cc(O)[nH]c(=O)c1. The number of amides is 1. The molecule has 92 valence electrons. The third kappa shape index (κ3) is 3.07. The number of hydrogen-bond acceptors (Lipinski definition) is 4. The topological polar surface area (TPSA) is 94.2 Å². The molecular formula is C11H15N3O3. The summed E-state index contributed by atoms with van der Waals surface area (Å²) < 4.78 is 0. The van der Waals surface area contributed by atoms with Crippen LogP contribution in [-0.4, -0.2) is 35.1 Å². The molecule has 0 bridgehead atoms. The van der Waals surface area contributed by atoms with Crippen LogP contribution in [0, 0.1) is 0 Å². The highest BCUT2D eigenvalue weighted by atomic mass is 16.3. The Hall–Kier alpha value is -1.82. The lowest BCUT2D eigenvalue weighted by Gasteiger charge is -2.11. The number of carbonyl (C=O) groups is 1. The van der Waals surface area contributed by atoms with Gasteiger partial charge in [-0.05, 0) is 19.4 Å². The number of pyridine rings is 1. The number of nitrogens with one attached hydrogen (secondary N) is 3. The Balaban J connectivity index is 1.96. The van der Waals surface area contributed by atoms with Gasteiger partial charge >= 0.3 is 0 Å². The summed E-state index contributed by atoms with van der Waals surface area (Å²) in [6, 6.07) is 2.70. The summed E-state index contributed by atoms with van der Waals surface area (Å²) in [6.07, 6.45) is 2.16. The van der Waals surface area contributed by atoms with Gasteiger partial charge in [-0.15, -0.1) is 0 Å². The molecule has 6 nitrogen and oxygen atoms in total. The van der Waals surface area contributed by atoms with E-state index >= 15 is 0 Å². The van der Waals surface area contributed by atoms with Crippen LogP contribution in [0.15, 0.2) is 16.9 Å². The van der Waals surface area contributed by atoms with Crippen molar-refractivity contribution in [3.63, 3.8) is 0 Å². The summed E-state index contributed by atoms with van der Waals surface area (Å²) in [5.41, 5.74) is -0.321. The molecule has 1 aromatic rings. The first-order chi connectivity index (χ1) is 8.15. The van der Waals surface area contributed by atoms with Gasteiger partial charge in [0.15, 0.2) is 5.88 Å². The predicted molar refractivity (Wildman–Crippen MR) is 62.1 cm³/mol. The Morgan fingerprint density at radius 3 is 3.00 bits per heavy atom. The van der Waals surface area contributed by atoms with Crippen molar-refractivity contribution in [3.8, 4) is 5.88 Å². The predicted octanol–water partition coefficient (Wildman–Crippen LogP) is -0.438.